The van der Waals surface area contributed by atoms with E-state index in [1.165, 1.54) is 103 Å². The van der Waals surface area contributed by atoms with Crippen molar-refractivity contribution in [1.29, 1.82) is 0 Å². The van der Waals surface area contributed by atoms with Crippen molar-refractivity contribution in [2.45, 2.75) is 212 Å². The van der Waals surface area contributed by atoms with Crippen LogP contribution >= 0.6 is 0 Å². The van der Waals surface area contributed by atoms with Crippen LogP contribution in [0.25, 0.3) is 0 Å². The molecule has 1 amide bonds. The summed E-state index contributed by atoms with van der Waals surface area (Å²) in [7, 11) is 0. The van der Waals surface area contributed by atoms with Gasteiger partial charge in [-0.05, 0) is 57.8 Å². The molecule has 3 N–H and O–H groups in total. The van der Waals surface area contributed by atoms with E-state index in [9.17, 15) is 15.0 Å². The van der Waals surface area contributed by atoms with Gasteiger partial charge in [0, 0.05) is 6.42 Å². The Morgan fingerprint density at radius 3 is 1.33 bits per heavy atom. The lowest BCUT2D eigenvalue weighted by molar-refractivity contribution is -0.123. The fourth-order valence-corrected chi connectivity index (χ4v) is 6.09. The van der Waals surface area contributed by atoms with Crippen LogP contribution in [0.5, 0.6) is 0 Å². The van der Waals surface area contributed by atoms with Gasteiger partial charge in [0.15, 0.2) is 0 Å². The summed E-state index contributed by atoms with van der Waals surface area (Å²) in [5, 5.41) is 23.1. The number of carbonyl (C=O) groups is 1. The van der Waals surface area contributed by atoms with Gasteiger partial charge in [0.05, 0.1) is 18.8 Å². The highest BCUT2D eigenvalue weighted by molar-refractivity contribution is 5.76. The molecule has 0 spiro atoms. The molecule has 0 fully saturated rings. The molecule has 284 valence electrons. The molecule has 0 bridgehead atoms. The number of carbonyl (C=O) groups excluding carboxylic acids is 1. The fraction of sp³-hybridized carbons (Fsp3) is 0.756. The summed E-state index contributed by atoms with van der Waals surface area (Å²) in [6, 6.07) is -0.556. The van der Waals surface area contributed by atoms with Crippen molar-refractivity contribution in [3.63, 3.8) is 0 Å². The van der Waals surface area contributed by atoms with Gasteiger partial charge in [0.1, 0.15) is 0 Å². The van der Waals surface area contributed by atoms with Crippen LogP contribution in [-0.2, 0) is 4.79 Å². The van der Waals surface area contributed by atoms with E-state index in [1.807, 2.05) is 0 Å². The summed E-state index contributed by atoms with van der Waals surface area (Å²) >= 11 is 0. The van der Waals surface area contributed by atoms with Crippen LogP contribution in [0.4, 0.5) is 0 Å². The third kappa shape index (κ3) is 37.2. The minimum Gasteiger partial charge on any atom is -0.394 e. The maximum atomic E-state index is 12.4. The van der Waals surface area contributed by atoms with E-state index >= 15 is 0 Å². The van der Waals surface area contributed by atoms with E-state index in [0.717, 1.165) is 70.6 Å². The van der Waals surface area contributed by atoms with E-state index in [2.05, 4.69) is 79.9 Å². The maximum Gasteiger partial charge on any atom is 0.220 e. The maximum absolute atomic E-state index is 12.4. The van der Waals surface area contributed by atoms with E-state index < -0.39 is 12.1 Å². The third-order valence-corrected chi connectivity index (χ3v) is 9.29. The average molecular weight is 684 g/mol. The van der Waals surface area contributed by atoms with E-state index in [1.54, 1.807) is 0 Å². The molecule has 0 aromatic carbocycles. The molecule has 4 nitrogen and oxygen atoms in total. The van der Waals surface area contributed by atoms with Crippen LogP contribution in [0.3, 0.4) is 0 Å². The van der Waals surface area contributed by atoms with Gasteiger partial charge < -0.3 is 15.5 Å². The topological polar surface area (TPSA) is 69.6 Å². The van der Waals surface area contributed by atoms with Gasteiger partial charge in [0.25, 0.3) is 0 Å². The number of hydrogen-bond acceptors (Lipinski definition) is 3. The number of unbranched alkanes of at least 4 members (excludes halogenated alkanes) is 20. The molecule has 0 saturated heterocycles. The zero-order valence-corrected chi connectivity index (χ0v) is 32.4. The number of hydrogen-bond donors (Lipinski definition) is 3. The molecule has 0 aliphatic rings. The van der Waals surface area contributed by atoms with Crippen LogP contribution in [0, 0.1) is 0 Å². The van der Waals surface area contributed by atoms with Crippen LogP contribution in [0.2, 0.25) is 0 Å². The van der Waals surface area contributed by atoms with Crippen molar-refractivity contribution in [2.24, 2.45) is 0 Å². The molecule has 0 radical (unpaired) electrons. The Morgan fingerprint density at radius 2 is 0.898 bits per heavy atom. The second kappa shape index (κ2) is 40.5. The summed E-state index contributed by atoms with van der Waals surface area (Å²) < 4.78 is 0. The number of aliphatic hydroxyl groups is 2. The Kier molecular flexibility index (Phi) is 38.9. The average Bonchev–Trinajstić information content (AvgIpc) is 3.10. The van der Waals surface area contributed by atoms with Crippen molar-refractivity contribution in [1.82, 2.24) is 5.32 Å². The molecular formula is C45H81NO3. The molecule has 2 atom stereocenters. The largest absolute Gasteiger partial charge is 0.394 e. The Morgan fingerprint density at radius 1 is 0.510 bits per heavy atom. The molecule has 0 aromatic rings. The van der Waals surface area contributed by atoms with E-state index in [-0.39, 0.29) is 12.5 Å². The zero-order valence-electron chi connectivity index (χ0n) is 32.4. The zero-order chi connectivity index (χ0) is 35.7. The molecule has 49 heavy (non-hydrogen) atoms. The lowest BCUT2D eigenvalue weighted by atomic mass is 10.0. The van der Waals surface area contributed by atoms with Gasteiger partial charge in [-0.25, -0.2) is 0 Å². The summed E-state index contributed by atoms with van der Waals surface area (Å²) in [6.45, 7) is 4.23. The molecule has 0 aromatic heterocycles. The lowest BCUT2D eigenvalue weighted by Crippen LogP contribution is -2.45. The number of allylic oxidation sites excluding steroid dienone is 10. The Balaban J connectivity index is 3.63. The standard InChI is InChI=1S/C45H81NO3/c1-3-5-7-9-11-13-15-17-19-21-23-25-27-29-31-33-35-37-39-41-45(49)46-43(42-47)44(48)40-38-36-34-32-30-28-26-24-22-20-18-16-14-12-10-8-6-4-2/h5,7,11,13,17,19,23,25,29,31,43-44,47-48H,3-4,6,8-10,12,14-16,18,20-22,24,26-28,30,32-42H2,1-2H3,(H,46,49)/b7-5-,13-11-,19-17-,25-23-,31-29-. The van der Waals surface area contributed by atoms with Gasteiger partial charge in [-0.1, -0.05) is 197 Å². The van der Waals surface area contributed by atoms with Gasteiger partial charge in [0.2, 0.25) is 5.91 Å². The number of aliphatic hydroxyl groups excluding tert-OH is 2. The third-order valence-electron chi connectivity index (χ3n) is 9.29. The van der Waals surface area contributed by atoms with Gasteiger partial charge in [-0.2, -0.15) is 0 Å². The van der Waals surface area contributed by atoms with Gasteiger partial charge in [-0.3, -0.25) is 4.79 Å². The van der Waals surface area contributed by atoms with Crippen LogP contribution in [-0.4, -0.2) is 34.9 Å². The normalized spacial score (nSPS) is 13.6. The van der Waals surface area contributed by atoms with E-state index in [4.69, 9.17) is 0 Å². The minimum absolute atomic E-state index is 0.0641. The molecule has 0 rings (SSSR count). The highest BCUT2D eigenvalue weighted by Gasteiger charge is 2.19. The molecule has 0 aliphatic heterocycles. The van der Waals surface area contributed by atoms with Crippen LogP contribution < -0.4 is 5.32 Å². The first-order valence-corrected chi connectivity index (χ1v) is 21.0. The summed E-state index contributed by atoms with van der Waals surface area (Å²) in [5.41, 5.74) is 0. The van der Waals surface area contributed by atoms with Crippen LogP contribution in [0.15, 0.2) is 60.8 Å². The predicted octanol–water partition coefficient (Wildman–Crippen LogP) is 13.0. The van der Waals surface area contributed by atoms with Crippen LogP contribution in [0.1, 0.15) is 200 Å². The monoisotopic (exact) mass is 684 g/mol. The number of amides is 1. The van der Waals surface area contributed by atoms with E-state index in [0.29, 0.717) is 12.8 Å². The SMILES string of the molecule is CC/C=C\C/C=C\C/C=C\C/C=C\C/C=C\CCCCCC(=O)NC(CO)C(O)CCCCCCCCCCCCCCCCCCCC. The number of nitrogens with one attached hydrogen (secondary N) is 1. The first-order valence-electron chi connectivity index (χ1n) is 21.0. The second-order valence-corrected chi connectivity index (χ2v) is 14.0. The molecule has 0 heterocycles. The molecule has 0 saturated carbocycles. The summed E-state index contributed by atoms with van der Waals surface area (Å²) in [4.78, 5) is 12.4. The van der Waals surface area contributed by atoms with Gasteiger partial charge in [-0.15, -0.1) is 0 Å². The van der Waals surface area contributed by atoms with Crippen molar-refractivity contribution in [2.75, 3.05) is 6.61 Å². The second-order valence-electron chi connectivity index (χ2n) is 14.0. The fourth-order valence-electron chi connectivity index (χ4n) is 6.09. The smallest absolute Gasteiger partial charge is 0.220 e. The Labute approximate surface area is 305 Å². The van der Waals surface area contributed by atoms with Crippen molar-refractivity contribution < 1.29 is 15.0 Å². The van der Waals surface area contributed by atoms with Crippen molar-refractivity contribution in [3.05, 3.63) is 60.8 Å². The first-order chi connectivity index (χ1) is 24.2. The quantitative estimate of drug-likeness (QED) is 0.0451. The molecule has 2 unspecified atom stereocenters. The summed E-state index contributed by atoms with van der Waals surface area (Å²) in [6.07, 6.45) is 55.7. The minimum atomic E-state index is -0.676. The molecule has 4 heteroatoms. The number of rotatable bonds is 37. The highest BCUT2D eigenvalue weighted by atomic mass is 16.3. The van der Waals surface area contributed by atoms with Crippen molar-refractivity contribution >= 4 is 5.91 Å². The predicted molar refractivity (Wildman–Crippen MR) is 216 cm³/mol. The lowest BCUT2D eigenvalue weighted by Gasteiger charge is -2.22. The first kappa shape index (κ1) is 47.1. The Bertz CT molecular complexity index is 827. The summed E-state index contributed by atoms with van der Waals surface area (Å²) in [5.74, 6) is -0.0641. The Hall–Kier alpha value is -1.91. The molecule has 0 aliphatic carbocycles. The van der Waals surface area contributed by atoms with Gasteiger partial charge >= 0.3 is 0 Å². The van der Waals surface area contributed by atoms with Crippen molar-refractivity contribution in [3.8, 4) is 0 Å². The highest BCUT2D eigenvalue weighted by Crippen LogP contribution is 2.15. The molecular weight excluding hydrogens is 602 g/mol.